The number of anilines is 1. The molecule has 3 aromatic rings. The average Bonchev–Trinajstić information content (AvgIpc) is 3.15. The Kier molecular flexibility index (Phi) is 4.28. The van der Waals surface area contributed by atoms with Gasteiger partial charge in [0.05, 0.1) is 12.5 Å². The molecule has 0 aromatic carbocycles. The number of fused-ring (bicyclic) bond motifs is 1. The van der Waals surface area contributed by atoms with Gasteiger partial charge in [-0.25, -0.2) is 9.97 Å². The zero-order chi connectivity index (χ0) is 14.5. The molecule has 5 nitrogen and oxygen atoms in total. The minimum Gasteiger partial charge on any atom is -0.473 e. The molecular formula is C14H12N4OS2. The van der Waals surface area contributed by atoms with Crippen molar-refractivity contribution in [3.8, 4) is 17.0 Å². The highest BCUT2D eigenvalue weighted by Crippen LogP contribution is 2.23. The molecule has 0 unspecified atom stereocenters. The Balaban J connectivity index is 1.56. The fourth-order valence-electron chi connectivity index (χ4n) is 1.74. The van der Waals surface area contributed by atoms with E-state index in [2.05, 4.69) is 32.1 Å². The third-order valence-electron chi connectivity index (χ3n) is 2.68. The first-order chi connectivity index (χ1) is 10.4. The van der Waals surface area contributed by atoms with Crippen LogP contribution in [0.5, 0.6) is 5.19 Å². The Morgan fingerprint density at radius 2 is 2.29 bits per heavy atom. The Morgan fingerprint density at radius 1 is 1.33 bits per heavy atom. The minimum atomic E-state index is 0.637. The molecule has 3 heterocycles. The van der Waals surface area contributed by atoms with Gasteiger partial charge >= 0.3 is 0 Å². The summed E-state index contributed by atoms with van der Waals surface area (Å²) in [5, 5.41) is 8.88. The van der Waals surface area contributed by atoms with Crippen LogP contribution in [0.2, 0.25) is 0 Å². The van der Waals surface area contributed by atoms with Crippen molar-refractivity contribution in [2.24, 2.45) is 0 Å². The van der Waals surface area contributed by atoms with E-state index in [-0.39, 0.29) is 0 Å². The fraction of sp³-hybridized carbons (Fsp3) is 0.214. The van der Waals surface area contributed by atoms with E-state index < -0.39 is 0 Å². The van der Waals surface area contributed by atoms with Crippen molar-refractivity contribution >= 4 is 38.7 Å². The number of ether oxygens (including phenoxy) is 1. The molecule has 0 amide bonds. The monoisotopic (exact) mass is 316 g/mol. The lowest BCUT2D eigenvalue weighted by atomic mass is 10.3. The normalized spacial score (nSPS) is 10.1. The summed E-state index contributed by atoms with van der Waals surface area (Å²) >= 11 is 3.05. The summed E-state index contributed by atoms with van der Waals surface area (Å²) in [5.41, 5.74) is 0.749. The number of hydrogen-bond donors (Lipinski definition) is 1. The van der Waals surface area contributed by atoms with E-state index in [4.69, 9.17) is 4.74 Å². The largest absolute Gasteiger partial charge is 0.473 e. The van der Waals surface area contributed by atoms with Crippen LogP contribution >= 0.6 is 22.7 Å². The lowest BCUT2D eigenvalue weighted by molar-refractivity contribution is 0.411. The van der Waals surface area contributed by atoms with Gasteiger partial charge in [0, 0.05) is 18.3 Å². The van der Waals surface area contributed by atoms with Gasteiger partial charge in [0.25, 0.3) is 5.19 Å². The van der Waals surface area contributed by atoms with Gasteiger partial charge in [-0.3, -0.25) is 0 Å². The van der Waals surface area contributed by atoms with Gasteiger partial charge in [0.2, 0.25) is 0 Å². The van der Waals surface area contributed by atoms with Crippen LogP contribution in [0.4, 0.5) is 5.82 Å². The number of thiazole rings is 1. The quantitative estimate of drug-likeness (QED) is 0.592. The topological polar surface area (TPSA) is 59.9 Å². The maximum atomic E-state index is 5.03. The number of aromatic nitrogens is 3. The number of rotatable bonds is 4. The standard InChI is InChI=1S/C14H12N4OS2/c1-19-14-18-10(8-21-14)4-2-3-6-15-12-11-5-7-20-13(11)17-9-16-12/h5,7-9H,3,6H2,1H3,(H,15,16,17). The molecule has 0 fully saturated rings. The summed E-state index contributed by atoms with van der Waals surface area (Å²) in [6.07, 6.45) is 2.30. The van der Waals surface area contributed by atoms with E-state index in [1.807, 2.05) is 16.8 Å². The van der Waals surface area contributed by atoms with Crippen LogP contribution < -0.4 is 10.1 Å². The van der Waals surface area contributed by atoms with Crippen molar-refractivity contribution in [3.05, 3.63) is 28.8 Å². The molecule has 0 saturated heterocycles. The second-order valence-electron chi connectivity index (χ2n) is 4.04. The molecule has 3 aromatic heterocycles. The smallest absolute Gasteiger partial charge is 0.274 e. The molecule has 0 radical (unpaired) electrons. The highest BCUT2D eigenvalue weighted by Gasteiger charge is 2.03. The lowest BCUT2D eigenvalue weighted by Gasteiger charge is -2.03. The van der Waals surface area contributed by atoms with Crippen LogP contribution in [0.15, 0.2) is 23.2 Å². The Bertz CT molecular complexity index is 800. The van der Waals surface area contributed by atoms with Gasteiger partial charge in [-0.15, -0.1) is 11.3 Å². The maximum Gasteiger partial charge on any atom is 0.274 e. The predicted molar refractivity (Wildman–Crippen MR) is 86.1 cm³/mol. The van der Waals surface area contributed by atoms with Crippen LogP contribution in [-0.4, -0.2) is 28.6 Å². The molecule has 0 aliphatic heterocycles. The summed E-state index contributed by atoms with van der Waals surface area (Å²) in [5.74, 6) is 6.96. The van der Waals surface area contributed by atoms with Crippen LogP contribution in [0, 0.1) is 11.8 Å². The zero-order valence-electron chi connectivity index (χ0n) is 11.3. The fourth-order valence-corrected chi connectivity index (χ4v) is 3.04. The van der Waals surface area contributed by atoms with Gasteiger partial charge in [-0.2, -0.15) is 4.98 Å². The number of methoxy groups -OCH3 is 1. The molecule has 21 heavy (non-hydrogen) atoms. The summed E-state index contributed by atoms with van der Waals surface area (Å²) in [6.45, 7) is 0.732. The first kappa shape index (κ1) is 13.8. The zero-order valence-corrected chi connectivity index (χ0v) is 12.9. The summed E-state index contributed by atoms with van der Waals surface area (Å²) in [7, 11) is 1.60. The molecule has 106 valence electrons. The second-order valence-corrected chi connectivity index (χ2v) is 5.76. The van der Waals surface area contributed by atoms with Crippen molar-refractivity contribution in [2.45, 2.75) is 6.42 Å². The van der Waals surface area contributed by atoms with E-state index in [9.17, 15) is 0 Å². The first-order valence-electron chi connectivity index (χ1n) is 6.27. The van der Waals surface area contributed by atoms with E-state index in [1.165, 1.54) is 11.3 Å². The molecule has 0 bridgehead atoms. The Hall–Kier alpha value is -2.17. The third kappa shape index (κ3) is 3.29. The number of thiophene rings is 1. The van der Waals surface area contributed by atoms with Crippen molar-refractivity contribution < 1.29 is 4.74 Å². The summed E-state index contributed by atoms with van der Waals surface area (Å²) in [6, 6.07) is 2.02. The number of hydrogen-bond acceptors (Lipinski definition) is 7. The van der Waals surface area contributed by atoms with Crippen LogP contribution in [-0.2, 0) is 0 Å². The molecule has 0 saturated carbocycles. The Morgan fingerprint density at radius 3 is 3.14 bits per heavy atom. The van der Waals surface area contributed by atoms with Crippen molar-refractivity contribution in [2.75, 3.05) is 19.0 Å². The molecule has 3 rings (SSSR count). The van der Waals surface area contributed by atoms with Crippen molar-refractivity contribution in [1.29, 1.82) is 0 Å². The van der Waals surface area contributed by atoms with E-state index in [0.717, 1.165) is 34.7 Å². The Labute approximate surface area is 130 Å². The van der Waals surface area contributed by atoms with Crippen LogP contribution in [0.3, 0.4) is 0 Å². The van der Waals surface area contributed by atoms with Gasteiger partial charge in [0.15, 0.2) is 0 Å². The molecule has 7 heteroatoms. The van der Waals surface area contributed by atoms with Gasteiger partial charge in [0.1, 0.15) is 22.7 Å². The van der Waals surface area contributed by atoms with E-state index in [0.29, 0.717) is 5.19 Å². The first-order valence-corrected chi connectivity index (χ1v) is 8.03. The van der Waals surface area contributed by atoms with Crippen LogP contribution in [0.25, 0.3) is 10.2 Å². The van der Waals surface area contributed by atoms with E-state index >= 15 is 0 Å². The molecule has 0 aliphatic carbocycles. The van der Waals surface area contributed by atoms with E-state index in [1.54, 1.807) is 24.8 Å². The molecular weight excluding hydrogens is 304 g/mol. The van der Waals surface area contributed by atoms with Gasteiger partial charge in [-0.1, -0.05) is 17.3 Å². The summed E-state index contributed by atoms with van der Waals surface area (Å²) in [4.78, 5) is 13.7. The second kappa shape index (κ2) is 6.52. The summed E-state index contributed by atoms with van der Waals surface area (Å²) < 4.78 is 5.03. The molecule has 0 atom stereocenters. The van der Waals surface area contributed by atoms with Gasteiger partial charge < -0.3 is 10.1 Å². The SMILES string of the molecule is COc1nc(C#CCCNc2ncnc3sccc23)cs1. The molecule has 0 aliphatic rings. The third-order valence-corrected chi connectivity index (χ3v) is 4.30. The minimum absolute atomic E-state index is 0.637. The molecule has 0 spiro atoms. The predicted octanol–water partition coefficient (Wildman–Crippen LogP) is 3.01. The number of nitrogens with zero attached hydrogens (tertiary/aromatic N) is 3. The molecule has 1 N–H and O–H groups in total. The number of nitrogens with one attached hydrogen (secondary N) is 1. The van der Waals surface area contributed by atoms with Crippen molar-refractivity contribution in [3.63, 3.8) is 0 Å². The maximum absolute atomic E-state index is 5.03. The van der Waals surface area contributed by atoms with Crippen LogP contribution in [0.1, 0.15) is 12.1 Å². The van der Waals surface area contributed by atoms with Gasteiger partial charge in [-0.05, 0) is 17.4 Å². The highest BCUT2D eigenvalue weighted by molar-refractivity contribution is 7.16. The average molecular weight is 316 g/mol. The lowest BCUT2D eigenvalue weighted by Crippen LogP contribution is -2.02. The van der Waals surface area contributed by atoms with Crippen molar-refractivity contribution in [1.82, 2.24) is 15.0 Å². The highest BCUT2D eigenvalue weighted by atomic mass is 32.1.